The minimum Gasteiger partial charge on any atom is -0.331 e. The second-order valence-corrected chi connectivity index (χ2v) is 6.91. The molecule has 0 unspecified atom stereocenters. The third-order valence-corrected chi connectivity index (χ3v) is 2.96. The van der Waals surface area contributed by atoms with Gasteiger partial charge in [0.2, 0.25) is 0 Å². The molecule has 0 aromatic heterocycles. The maximum atomic E-state index is 2.35. The molecule has 0 aliphatic carbocycles. The van der Waals surface area contributed by atoms with Crippen molar-refractivity contribution in [3.63, 3.8) is 0 Å². The summed E-state index contributed by atoms with van der Waals surface area (Å²) >= 11 is 0. The average Bonchev–Trinajstić information content (AvgIpc) is 1.99. The first-order chi connectivity index (χ1) is 7.12. The Morgan fingerprint density at radius 3 is 1.69 bits per heavy atom. The summed E-state index contributed by atoms with van der Waals surface area (Å²) < 4.78 is 2.24. The molecule has 0 fully saturated rings. The molecule has 0 atom stereocenters. The van der Waals surface area contributed by atoms with Gasteiger partial charge in [-0.1, -0.05) is 0 Å². The highest BCUT2D eigenvalue weighted by atomic mass is 15.3. The highest BCUT2D eigenvalue weighted by Crippen LogP contribution is 2.04. The summed E-state index contributed by atoms with van der Waals surface area (Å²) in [5.74, 6) is 0. The Balaban J connectivity index is 3.70. The van der Waals surface area contributed by atoms with Crippen molar-refractivity contribution in [3.05, 3.63) is 0 Å². The Morgan fingerprint density at radius 1 is 0.750 bits per heavy atom. The maximum absolute atomic E-state index is 2.35. The zero-order valence-electron chi connectivity index (χ0n) is 12.6. The Bertz CT molecular complexity index is 180. The van der Waals surface area contributed by atoms with Crippen molar-refractivity contribution in [2.75, 3.05) is 75.5 Å². The van der Waals surface area contributed by atoms with Crippen molar-refractivity contribution in [2.24, 2.45) is 0 Å². The van der Waals surface area contributed by atoms with Crippen molar-refractivity contribution in [1.29, 1.82) is 0 Å². The fourth-order valence-corrected chi connectivity index (χ4v) is 1.90. The summed E-state index contributed by atoms with van der Waals surface area (Å²) in [6.45, 7) is 5.06. The molecular weight excluding hydrogens is 198 g/mol. The van der Waals surface area contributed by atoms with Gasteiger partial charge in [-0.15, -0.1) is 0 Å². The Hall–Kier alpha value is -0.120. The summed E-state index contributed by atoms with van der Waals surface area (Å²) in [7, 11) is 15.8. The summed E-state index contributed by atoms with van der Waals surface area (Å²) in [5, 5.41) is 0. The van der Waals surface area contributed by atoms with Crippen molar-refractivity contribution in [2.45, 2.75) is 12.8 Å². The van der Waals surface area contributed by atoms with E-state index in [9.17, 15) is 0 Å². The highest BCUT2D eigenvalue weighted by molar-refractivity contribution is 4.44. The molecule has 0 heterocycles. The van der Waals surface area contributed by atoms with Gasteiger partial charge in [-0.25, -0.2) is 0 Å². The van der Waals surface area contributed by atoms with Crippen LogP contribution in [-0.4, -0.2) is 89.4 Å². The van der Waals surface area contributed by atoms with Crippen LogP contribution in [0.2, 0.25) is 0 Å². The number of quaternary nitrogens is 2. The van der Waals surface area contributed by atoms with Gasteiger partial charge < -0.3 is 13.9 Å². The molecule has 0 aromatic rings. The number of nitrogens with zero attached hydrogens (tertiary/aromatic N) is 3. The zero-order chi connectivity index (χ0) is 12.8. The number of hydrogen-bond donors (Lipinski definition) is 0. The van der Waals surface area contributed by atoms with E-state index in [2.05, 4.69) is 54.2 Å². The van der Waals surface area contributed by atoms with Crippen LogP contribution in [0, 0.1) is 0 Å². The molecule has 16 heavy (non-hydrogen) atoms. The molecule has 0 saturated heterocycles. The van der Waals surface area contributed by atoms with Gasteiger partial charge in [0.15, 0.2) is 0 Å². The Labute approximate surface area is 103 Å². The van der Waals surface area contributed by atoms with Gasteiger partial charge in [-0.3, -0.25) is 0 Å². The zero-order valence-corrected chi connectivity index (χ0v) is 12.6. The molecule has 0 saturated carbocycles. The van der Waals surface area contributed by atoms with Crippen LogP contribution in [-0.2, 0) is 0 Å². The number of hydrogen-bond acceptors (Lipinski definition) is 1. The molecule has 0 aliphatic rings. The lowest BCUT2D eigenvalue weighted by Gasteiger charge is -2.32. The third-order valence-electron chi connectivity index (χ3n) is 2.96. The first-order valence-electron chi connectivity index (χ1n) is 6.40. The van der Waals surface area contributed by atoms with E-state index in [1.807, 2.05) is 0 Å². The monoisotopic (exact) mass is 231 g/mol. The van der Waals surface area contributed by atoms with E-state index in [1.165, 1.54) is 39.0 Å². The van der Waals surface area contributed by atoms with Gasteiger partial charge in [0, 0.05) is 19.4 Å². The molecular formula is C13H33N3+2. The molecule has 0 bridgehead atoms. The van der Waals surface area contributed by atoms with Crippen LogP contribution in [0.3, 0.4) is 0 Å². The molecule has 3 heteroatoms. The van der Waals surface area contributed by atoms with E-state index in [0.29, 0.717) is 0 Å². The topological polar surface area (TPSA) is 3.24 Å². The second-order valence-electron chi connectivity index (χ2n) is 6.91. The molecule has 98 valence electrons. The average molecular weight is 231 g/mol. The van der Waals surface area contributed by atoms with Gasteiger partial charge in [-0.05, 0) is 14.1 Å². The minimum atomic E-state index is 1.08. The van der Waals surface area contributed by atoms with Crippen molar-refractivity contribution >= 4 is 0 Å². The third kappa shape index (κ3) is 10.4. The predicted octanol–water partition coefficient (Wildman–Crippen LogP) is 1.11. The van der Waals surface area contributed by atoms with Gasteiger partial charge in [0.1, 0.15) is 0 Å². The fraction of sp³-hybridized carbons (Fsp3) is 1.00. The fourth-order valence-electron chi connectivity index (χ4n) is 1.90. The van der Waals surface area contributed by atoms with E-state index in [1.54, 1.807) is 0 Å². The molecule has 0 radical (unpaired) electrons. The van der Waals surface area contributed by atoms with Gasteiger partial charge >= 0.3 is 0 Å². The van der Waals surface area contributed by atoms with Crippen LogP contribution in [0.25, 0.3) is 0 Å². The normalized spacial score (nSPS) is 13.5. The Morgan fingerprint density at radius 2 is 1.25 bits per heavy atom. The van der Waals surface area contributed by atoms with Crippen molar-refractivity contribution in [1.82, 2.24) is 4.90 Å². The van der Waals surface area contributed by atoms with E-state index in [0.717, 1.165) is 8.97 Å². The SMILES string of the molecule is CN(C)CCC[N+](C)(C)CCC[N+](C)(C)C. The summed E-state index contributed by atoms with van der Waals surface area (Å²) in [6.07, 6.45) is 2.61. The lowest BCUT2D eigenvalue weighted by Crippen LogP contribution is -2.44. The second kappa shape index (κ2) is 6.58. The van der Waals surface area contributed by atoms with Crippen LogP contribution >= 0.6 is 0 Å². The van der Waals surface area contributed by atoms with Crippen LogP contribution in [0.5, 0.6) is 0 Å². The molecule has 0 N–H and O–H groups in total. The summed E-state index contributed by atoms with van der Waals surface area (Å²) in [4.78, 5) is 2.27. The van der Waals surface area contributed by atoms with Gasteiger partial charge in [0.25, 0.3) is 0 Å². The lowest BCUT2D eigenvalue weighted by atomic mass is 10.3. The van der Waals surface area contributed by atoms with Crippen LogP contribution < -0.4 is 0 Å². The molecule has 0 rings (SSSR count). The quantitative estimate of drug-likeness (QED) is 0.566. The Kier molecular flexibility index (Phi) is 6.53. The van der Waals surface area contributed by atoms with E-state index in [4.69, 9.17) is 0 Å². The predicted molar refractivity (Wildman–Crippen MR) is 72.5 cm³/mol. The van der Waals surface area contributed by atoms with Crippen LogP contribution in [0.15, 0.2) is 0 Å². The number of rotatable bonds is 8. The van der Waals surface area contributed by atoms with Gasteiger partial charge in [-0.2, -0.15) is 0 Å². The standard InChI is InChI=1S/C13H33N3/c1-14(2)10-8-12-16(6,7)13-9-11-15(3,4)5/h8-13H2,1-7H3/q+2. The smallest absolute Gasteiger partial charge is 0.0836 e. The van der Waals surface area contributed by atoms with E-state index < -0.39 is 0 Å². The maximum Gasteiger partial charge on any atom is 0.0836 e. The largest absolute Gasteiger partial charge is 0.331 e. The summed E-state index contributed by atoms with van der Waals surface area (Å²) in [6, 6.07) is 0. The first-order valence-corrected chi connectivity index (χ1v) is 6.40. The van der Waals surface area contributed by atoms with Crippen LogP contribution in [0.1, 0.15) is 12.8 Å². The van der Waals surface area contributed by atoms with E-state index >= 15 is 0 Å². The molecule has 0 aliphatic heterocycles. The van der Waals surface area contributed by atoms with E-state index in [-0.39, 0.29) is 0 Å². The van der Waals surface area contributed by atoms with Crippen molar-refractivity contribution in [3.8, 4) is 0 Å². The minimum absolute atomic E-state index is 1.08. The van der Waals surface area contributed by atoms with Gasteiger partial charge in [0.05, 0.1) is 54.9 Å². The van der Waals surface area contributed by atoms with Crippen molar-refractivity contribution < 1.29 is 8.97 Å². The molecule has 0 spiro atoms. The molecule has 0 amide bonds. The summed E-state index contributed by atoms with van der Waals surface area (Å²) in [5.41, 5.74) is 0. The highest BCUT2D eigenvalue weighted by Gasteiger charge is 2.16. The molecule has 0 aromatic carbocycles. The first kappa shape index (κ1) is 15.9. The van der Waals surface area contributed by atoms with Crippen LogP contribution in [0.4, 0.5) is 0 Å². The lowest BCUT2D eigenvalue weighted by molar-refractivity contribution is -0.902. The molecule has 3 nitrogen and oxygen atoms in total.